The molecule has 100 valence electrons. The molecule has 1 aliphatic rings. The van der Waals surface area contributed by atoms with Crippen LogP contribution in [0.25, 0.3) is 11.1 Å². The number of anilines is 1. The zero-order valence-corrected chi connectivity index (χ0v) is 11.6. The molecule has 0 saturated carbocycles. The molecule has 6 heteroatoms. The predicted octanol–water partition coefficient (Wildman–Crippen LogP) is 1.71. The van der Waals surface area contributed by atoms with Crippen LogP contribution in [0.5, 0.6) is 0 Å². The van der Waals surface area contributed by atoms with Crippen LogP contribution < -0.4 is 11.2 Å². The second-order valence-corrected chi connectivity index (χ2v) is 5.89. The van der Waals surface area contributed by atoms with Crippen molar-refractivity contribution in [2.24, 2.45) is 0 Å². The molecule has 5 nitrogen and oxygen atoms in total. The minimum absolute atomic E-state index is 0.386. The number of nitrogens with two attached hydrogens (primary N) is 1. The van der Waals surface area contributed by atoms with Crippen LogP contribution in [0.15, 0.2) is 22.9 Å². The molecule has 0 amide bonds. The van der Waals surface area contributed by atoms with Crippen LogP contribution in [0.2, 0.25) is 0 Å². The van der Waals surface area contributed by atoms with Crippen molar-refractivity contribution in [3.05, 3.63) is 18.5 Å². The fourth-order valence-electron chi connectivity index (χ4n) is 2.11. The molecule has 0 radical (unpaired) electrons. The second-order valence-electron chi connectivity index (χ2n) is 5.89. The van der Waals surface area contributed by atoms with Crippen molar-refractivity contribution >= 4 is 29.4 Å². The Morgan fingerprint density at radius 1 is 1.11 bits per heavy atom. The summed E-state index contributed by atoms with van der Waals surface area (Å²) < 4.78 is 17.2. The zero-order valence-electron chi connectivity index (χ0n) is 11.6. The highest BCUT2D eigenvalue weighted by molar-refractivity contribution is 6.64. The molecule has 2 heterocycles. The maximum atomic E-state index is 6.06. The Bertz CT molecular complexity index is 620. The summed E-state index contributed by atoms with van der Waals surface area (Å²) in [5.41, 5.74) is 8.07. The van der Waals surface area contributed by atoms with Gasteiger partial charge in [-0.2, -0.15) is 0 Å². The maximum Gasteiger partial charge on any atom is 0.497 e. The molecule has 2 aromatic rings. The van der Waals surface area contributed by atoms with Crippen LogP contribution in [0.1, 0.15) is 27.7 Å². The van der Waals surface area contributed by atoms with E-state index in [1.807, 2.05) is 33.8 Å². The lowest BCUT2D eigenvalue weighted by Crippen LogP contribution is -2.41. The van der Waals surface area contributed by atoms with E-state index in [1.54, 1.807) is 6.07 Å². The van der Waals surface area contributed by atoms with Gasteiger partial charge in [0.1, 0.15) is 5.52 Å². The fourth-order valence-corrected chi connectivity index (χ4v) is 2.11. The van der Waals surface area contributed by atoms with Crippen LogP contribution in [0, 0.1) is 0 Å². The van der Waals surface area contributed by atoms with Crippen molar-refractivity contribution in [3.63, 3.8) is 0 Å². The van der Waals surface area contributed by atoms with Gasteiger partial charge in [0.2, 0.25) is 0 Å². The Balaban J connectivity index is 2.04. The van der Waals surface area contributed by atoms with Crippen LogP contribution in [-0.2, 0) is 9.31 Å². The van der Waals surface area contributed by atoms with Crippen molar-refractivity contribution in [3.8, 4) is 0 Å². The second kappa shape index (κ2) is 3.74. The Labute approximate surface area is 112 Å². The largest absolute Gasteiger partial charge is 0.497 e. The highest BCUT2D eigenvalue weighted by Crippen LogP contribution is 2.37. The van der Waals surface area contributed by atoms with Crippen LogP contribution in [-0.4, -0.2) is 23.3 Å². The van der Waals surface area contributed by atoms with Gasteiger partial charge in [-0.15, -0.1) is 0 Å². The topological polar surface area (TPSA) is 70.5 Å². The average molecular weight is 260 g/mol. The highest BCUT2D eigenvalue weighted by Gasteiger charge is 2.52. The van der Waals surface area contributed by atoms with Gasteiger partial charge in [0.05, 0.1) is 11.2 Å². The predicted molar refractivity (Wildman–Crippen MR) is 74.1 cm³/mol. The summed E-state index contributed by atoms with van der Waals surface area (Å²) in [5.74, 6) is 0. The molecule has 0 spiro atoms. The quantitative estimate of drug-likeness (QED) is 0.624. The molecule has 1 fully saturated rings. The minimum Gasteiger partial charge on any atom is -0.443 e. The van der Waals surface area contributed by atoms with E-state index >= 15 is 0 Å². The van der Waals surface area contributed by atoms with E-state index in [9.17, 15) is 0 Å². The average Bonchev–Trinajstić information content (AvgIpc) is 2.80. The van der Waals surface area contributed by atoms with Gasteiger partial charge in [-0.25, -0.2) is 4.98 Å². The Morgan fingerprint density at radius 3 is 2.37 bits per heavy atom. The van der Waals surface area contributed by atoms with Crippen LogP contribution in [0.4, 0.5) is 5.69 Å². The number of hydrogen-bond donors (Lipinski definition) is 1. The normalized spacial score (nSPS) is 21.2. The molecule has 0 unspecified atom stereocenters. The number of nitrogens with zero attached hydrogens (tertiary/aromatic N) is 1. The van der Waals surface area contributed by atoms with Crippen molar-refractivity contribution < 1.29 is 13.7 Å². The molecule has 1 saturated heterocycles. The third-order valence-corrected chi connectivity index (χ3v) is 4.04. The number of nitrogen functional groups attached to an aromatic ring is 1. The summed E-state index contributed by atoms with van der Waals surface area (Å²) in [6.07, 6.45) is 1.40. The monoisotopic (exact) mass is 260 g/mol. The van der Waals surface area contributed by atoms with Gasteiger partial charge in [0.25, 0.3) is 0 Å². The molecule has 1 aliphatic heterocycles. The van der Waals surface area contributed by atoms with E-state index in [0.717, 1.165) is 11.0 Å². The minimum atomic E-state index is -0.480. The van der Waals surface area contributed by atoms with E-state index in [4.69, 9.17) is 19.5 Å². The van der Waals surface area contributed by atoms with Crippen LogP contribution >= 0.6 is 0 Å². The standard InChI is InChI=1S/C13H17BN2O3/c1-12(2)13(3,4)19-14(18-12)8-5-10-11(6-9(8)15)17-7-16-10/h5-7H,15H2,1-4H3. The Kier molecular flexibility index (Phi) is 2.46. The lowest BCUT2D eigenvalue weighted by molar-refractivity contribution is 0.00578. The molecule has 1 aromatic heterocycles. The zero-order chi connectivity index (χ0) is 13.8. The molecular formula is C13H17BN2O3. The number of aromatic nitrogens is 1. The maximum absolute atomic E-state index is 6.06. The third-order valence-electron chi connectivity index (χ3n) is 4.04. The summed E-state index contributed by atoms with van der Waals surface area (Å²) in [5, 5.41) is 0. The fraction of sp³-hybridized carbons (Fsp3) is 0.462. The number of rotatable bonds is 1. The van der Waals surface area contributed by atoms with Gasteiger partial charge < -0.3 is 19.5 Å². The van der Waals surface area contributed by atoms with E-state index in [2.05, 4.69) is 4.98 Å². The third kappa shape index (κ3) is 1.83. The SMILES string of the molecule is CC1(C)OB(c2cc3ncoc3cc2N)OC1(C)C. The molecule has 2 N–H and O–H groups in total. The van der Waals surface area contributed by atoms with Crippen molar-refractivity contribution in [1.29, 1.82) is 0 Å². The molecule has 19 heavy (non-hydrogen) atoms. The Hall–Kier alpha value is -1.53. The van der Waals surface area contributed by atoms with Crippen molar-refractivity contribution in [1.82, 2.24) is 4.98 Å². The van der Waals surface area contributed by atoms with E-state index in [-0.39, 0.29) is 11.2 Å². The number of benzene rings is 1. The summed E-state index contributed by atoms with van der Waals surface area (Å²) in [7, 11) is -0.480. The first-order valence-electron chi connectivity index (χ1n) is 6.28. The first-order chi connectivity index (χ1) is 8.80. The highest BCUT2D eigenvalue weighted by atomic mass is 16.7. The summed E-state index contributed by atoms with van der Waals surface area (Å²) in [6, 6.07) is 3.61. The molecular weight excluding hydrogens is 243 g/mol. The molecule has 0 aliphatic carbocycles. The van der Waals surface area contributed by atoms with Crippen molar-refractivity contribution in [2.45, 2.75) is 38.9 Å². The first-order valence-corrected chi connectivity index (χ1v) is 6.28. The summed E-state index contributed by atoms with van der Waals surface area (Å²) >= 11 is 0. The van der Waals surface area contributed by atoms with E-state index in [1.165, 1.54) is 6.39 Å². The molecule has 0 atom stereocenters. The van der Waals surface area contributed by atoms with Gasteiger partial charge >= 0.3 is 7.12 Å². The smallest absolute Gasteiger partial charge is 0.443 e. The number of hydrogen-bond acceptors (Lipinski definition) is 5. The van der Waals surface area contributed by atoms with Crippen LogP contribution in [0.3, 0.4) is 0 Å². The lowest BCUT2D eigenvalue weighted by atomic mass is 9.77. The van der Waals surface area contributed by atoms with Gasteiger partial charge in [-0.1, -0.05) is 0 Å². The Morgan fingerprint density at radius 2 is 1.74 bits per heavy atom. The van der Waals surface area contributed by atoms with E-state index in [0.29, 0.717) is 11.3 Å². The van der Waals surface area contributed by atoms with Gasteiger partial charge in [0, 0.05) is 17.2 Å². The summed E-state index contributed by atoms with van der Waals surface area (Å²) in [4.78, 5) is 4.13. The van der Waals surface area contributed by atoms with Gasteiger partial charge in [-0.05, 0) is 33.8 Å². The molecule has 3 rings (SSSR count). The van der Waals surface area contributed by atoms with Gasteiger partial charge in [0.15, 0.2) is 12.0 Å². The van der Waals surface area contributed by atoms with Crippen molar-refractivity contribution in [2.75, 3.05) is 5.73 Å². The molecule has 0 bridgehead atoms. The number of fused-ring (bicyclic) bond motifs is 1. The van der Waals surface area contributed by atoms with Gasteiger partial charge in [-0.3, -0.25) is 0 Å². The lowest BCUT2D eigenvalue weighted by Gasteiger charge is -2.32. The number of oxazole rings is 1. The first kappa shape index (κ1) is 12.5. The van der Waals surface area contributed by atoms with E-state index < -0.39 is 7.12 Å². The molecule has 1 aromatic carbocycles. The summed E-state index contributed by atoms with van der Waals surface area (Å²) in [6.45, 7) is 8.05.